The van der Waals surface area contributed by atoms with Crippen LogP contribution >= 0.6 is 11.6 Å². The standard InChI is InChI=1S/C14H18ClN3O/c1-9-12(8-18(2)17-9)13(16)7-10-6-11(15)4-5-14(10)19-3/h4-6,8,13H,7,16H2,1-3H3. The summed E-state index contributed by atoms with van der Waals surface area (Å²) in [5.74, 6) is 0.807. The van der Waals surface area contributed by atoms with E-state index in [0.29, 0.717) is 11.4 Å². The van der Waals surface area contributed by atoms with Crippen molar-refractivity contribution in [3.8, 4) is 5.75 Å². The number of benzene rings is 1. The average molecular weight is 280 g/mol. The van der Waals surface area contributed by atoms with E-state index in [0.717, 1.165) is 22.6 Å². The number of hydrogen-bond donors (Lipinski definition) is 1. The molecule has 5 heteroatoms. The maximum Gasteiger partial charge on any atom is 0.122 e. The van der Waals surface area contributed by atoms with Crippen molar-refractivity contribution in [3.63, 3.8) is 0 Å². The van der Waals surface area contributed by atoms with Crippen LogP contribution in [0.25, 0.3) is 0 Å². The van der Waals surface area contributed by atoms with E-state index in [1.807, 2.05) is 38.4 Å². The van der Waals surface area contributed by atoms with Gasteiger partial charge >= 0.3 is 0 Å². The quantitative estimate of drug-likeness (QED) is 0.936. The van der Waals surface area contributed by atoms with Crippen LogP contribution in [0.1, 0.15) is 22.9 Å². The fraction of sp³-hybridized carbons (Fsp3) is 0.357. The number of ether oxygens (including phenoxy) is 1. The third-order valence-electron chi connectivity index (χ3n) is 3.13. The van der Waals surface area contributed by atoms with E-state index in [2.05, 4.69) is 5.10 Å². The Labute approximate surface area is 118 Å². The molecule has 0 spiro atoms. The highest BCUT2D eigenvalue weighted by Crippen LogP contribution is 2.27. The third kappa shape index (κ3) is 3.08. The van der Waals surface area contributed by atoms with E-state index in [4.69, 9.17) is 22.1 Å². The van der Waals surface area contributed by atoms with Gasteiger partial charge in [-0.25, -0.2) is 0 Å². The average Bonchev–Trinajstić information content (AvgIpc) is 2.69. The maximum atomic E-state index is 6.26. The number of aryl methyl sites for hydroxylation is 2. The van der Waals surface area contributed by atoms with Gasteiger partial charge in [0, 0.05) is 29.9 Å². The van der Waals surface area contributed by atoms with Crippen LogP contribution in [-0.2, 0) is 13.5 Å². The predicted octanol–water partition coefficient (Wildman–Crippen LogP) is 2.63. The summed E-state index contributed by atoms with van der Waals surface area (Å²) in [5.41, 5.74) is 9.27. The van der Waals surface area contributed by atoms with Crippen molar-refractivity contribution in [3.05, 3.63) is 46.2 Å². The molecular weight excluding hydrogens is 262 g/mol. The molecule has 0 radical (unpaired) electrons. The highest BCUT2D eigenvalue weighted by molar-refractivity contribution is 6.30. The largest absolute Gasteiger partial charge is 0.496 e. The van der Waals surface area contributed by atoms with Crippen LogP contribution in [-0.4, -0.2) is 16.9 Å². The molecule has 0 aliphatic carbocycles. The fourth-order valence-electron chi connectivity index (χ4n) is 2.24. The van der Waals surface area contributed by atoms with E-state index in [1.54, 1.807) is 11.8 Å². The summed E-state index contributed by atoms with van der Waals surface area (Å²) in [6.07, 6.45) is 2.62. The smallest absolute Gasteiger partial charge is 0.122 e. The van der Waals surface area contributed by atoms with Gasteiger partial charge in [0.15, 0.2) is 0 Å². The van der Waals surface area contributed by atoms with Gasteiger partial charge in [0.25, 0.3) is 0 Å². The van der Waals surface area contributed by atoms with E-state index < -0.39 is 0 Å². The van der Waals surface area contributed by atoms with Crippen molar-refractivity contribution in [1.29, 1.82) is 0 Å². The number of nitrogens with two attached hydrogens (primary N) is 1. The van der Waals surface area contributed by atoms with E-state index in [9.17, 15) is 0 Å². The molecule has 1 atom stereocenters. The molecule has 0 aliphatic heterocycles. The summed E-state index contributed by atoms with van der Waals surface area (Å²) in [7, 11) is 3.54. The molecule has 0 amide bonds. The number of methoxy groups -OCH3 is 1. The summed E-state index contributed by atoms with van der Waals surface area (Å²) >= 11 is 6.03. The molecule has 19 heavy (non-hydrogen) atoms. The van der Waals surface area contributed by atoms with Gasteiger partial charge in [-0.05, 0) is 37.1 Å². The summed E-state index contributed by atoms with van der Waals surface area (Å²) in [6, 6.07) is 5.44. The first-order valence-electron chi connectivity index (χ1n) is 6.09. The van der Waals surface area contributed by atoms with Crippen LogP contribution in [0.15, 0.2) is 24.4 Å². The van der Waals surface area contributed by atoms with Gasteiger partial charge in [0.2, 0.25) is 0 Å². The van der Waals surface area contributed by atoms with Crippen LogP contribution in [0.5, 0.6) is 5.75 Å². The molecule has 0 fully saturated rings. The van der Waals surface area contributed by atoms with Crippen LogP contribution in [0.3, 0.4) is 0 Å². The first kappa shape index (κ1) is 13.9. The lowest BCUT2D eigenvalue weighted by molar-refractivity contribution is 0.408. The Morgan fingerprint density at radius 2 is 2.21 bits per heavy atom. The highest BCUT2D eigenvalue weighted by atomic mass is 35.5. The summed E-state index contributed by atoms with van der Waals surface area (Å²) in [5, 5.41) is 5.00. The van der Waals surface area contributed by atoms with Crippen molar-refractivity contribution in [2.75, 3.05) is 7.11 Å². The van der Waals surface area contributed by atoms with Gasteiger partial charge in [-0.1, -0.05) is 11.6 Å². The monoisotopic (exact) mass is 279 g/mol. The second-order valence-corrected chi connectivity index (χ2v) is 5.05. The molecule has 0 saturated carbocycles. The summed E-state index contributed by atoms with van der Waals surface area (Å²) in [4.78, 5) is 0. The number of hydrogen-bond acceptors (Lipinski definition) is 3. The van der Waals surface area contributed by atoms with Crippen molar-refractivity contribution in [2.24, 2.45) is 12.8 Å². The van der Waals surface area contributed by atoms with Crippen LogP contribution in [0, 0.1) is 6.92 Å². The van der Waals surface area contributed by atoms with Crippen molar-refractivity contribution in [2.45, 2.75) is 19.4 Å². The fourth-order valence-corrected chi connectivity index (χ4v) is 2.43. The van der Waals surface area contributed by atoms with Gasteiger partial charge in [-0.3, -0.25) is 4.68 Å². The molecule has 0 bridgehead atoms. The Kier molecular flexibility index (Phi) is 4.12. The van der Waals surface area contributed by atoms with Gasteiger partial charge in [0.1, 0.15) is 5.75 Å². The lowest BCUT2D eigenvalue weighted by Gasteiger charge is -2.14. The maximum absolute atomic E-state index is 6.26. The van der Waals surface area contributed by atoms with Crippen LogP contribution in [0.2, 0.25) is 5.02 Å². The predicted molar refractivity (Wildman–Crippen MR) is 76.6 cm³/mol. The molecular formula is C14H18ClN3O. The molecule has 2 aromatic rings. The molecule has 1 aromatic heterocycles. The number of aromatic nitrogens is 2. The Morgan fingerprint density at radius 1 is 1.47 bits per heavy atom. The Morgan fingerprint density at radius 3 is 2.79 bits per heavy atom. The molecule has 4 nitrogen and oxygen atoms in total. The molecule has 1 unspecified atom stereocenters. The Hall–Kier alpha value is -1.52. The van der Waals surface area contributed by atoms with E-state index >= 15 is 0 Å². The summed E-state index contributed by atoms with van der Waals surface area (Å²) < 4.78 is 7.12. The molecule has 102 valence electrons. The van der Waals surface area contributed by atoms with Crippen LogP contribution in [0.4, 0.5) is 0 Å². The SMILES string of the molecule is COc1ccc(Cl)cc1CC(N)c1cn(C)nc1C. The highest BCUT2D eigenvalue weighted by Gasteiger charge is 2.15. The minimum Gasteiger partial charge on any atom is -0.496 e. The molecule has 1 heterocycles. The second-order valence-electron chi connectivity index (χ2n) is 4.61. The zero-order valence-corrected chi connectivity index (χ0v) is 12.1. The Balaban J connectivity index is 2.25. The van der Waals surface area contributed by atoms with Gasteiger partial charge in [0.05, 0.1) is 12.8 Å². The van der Waals surface area contributed by atoms with Crippen LogP contribution < -0.4 is 10.5 Å². The number of nitrogens with zero attached hydrogens (tertiary/aromatic N) is 2. The Bertz CT molecular complexity index is 580. The number of rotatable bonds is 4. The molecule has 2 N–H and O–H groups in total. The van der Waals surface area contributed by atoms with Crippen molar-refractivity contribution < 1.29 is 4.74 Å². The zero-order valence-electron chi connectivity index (χ0n) is 11.4. The first-order chi connectivity index (χ1) is 9.01. The normalized spacial score (nSPS) is 12.5. The topological polar surface area (TPSA) is 53.1 Å². The molecule has 2 rings (SSSR count). The van der Waals surface area contributed by atoms with E-state index in [1.165, 1.54) is 0 Å². The minimum atomic E-state index is -0.124. The van der Waals surface area contributed by atoms with E-state index in [-0.39, 0.29) is 6.04 Å². The third-order valence-corrected chi connectivity index (χ3v) is 3.37. The lowest BCUT2D eigenvalue weighted by atomic mass is 10.00. The van der Waals surface area contributed by atoms with Gasteiger partial charge in [-0.2, -0.15) is 5.10 Å². The lowest BCUT2D eigenvalue weighted by Crippen LogP contribution is -2.14. The second kappa shape index (κ2) is 5.63. The van der Waals surface area contributed by atoms with Crippen molar-refractivity contribution in [1.82, 2.24) is 9.78 Å². The van der Waals surface area contributed by atoms with Gasteiger partial charge in [-0.15, -0.1) is 0 Å². The summed E-state index contributed by atoms with van der Waals surface area (Å²) in [6.45, 7) is 1.96. The molecule has 1 aromatic carbocycles. The van der Waals surface area contributed by atoms with Crippen molar-refractivity contribution >= 4 is 11.6 Å². The zero-order chi connectivity index (χ0) is 14.0. The number of halogens is 1. The first-order valence-corrected chi connectivity index (χ1v) is 6.47. The van der Waals surface area contributed by atoms with Gasteiger partial charge < -0.3 is 10.5 Å². The molecule has 0 aliphatic rings. The minimum absolute atomic E-state index is 0.124. The molecule has 0 saturated heterocycles.